The van der Waals surface area contributed by atoms with E-state index < -0.39 is 53.0 Å². The van der Waals surface area contributed by atoms with Gasteiger partial charge in [-0.25, -0.2) is 23.1 Å². The summed E-state index contributed by atoms with van der Waals surface area (Å²) in [6.45, 7) is 6.05. The number of pyridine rings is 2. The number of nitrogens with two attached hydrogens (primary N) is 1. The molecule has 3 aliphatic rings. The number of hydrogen-bond donors (Lipinski definition) is 3. The highest BCUT2D eigenvalue weighted by molar-refractivity contribution is 5.96. The molecule has 0 amide bonds. The zero-order valence-electron chi connectivity index (χ0n) is 25.5. The van der Waals surface area contributed by atoms with Crippen molar-refractivity contribution in [2.24, 2.45) is 11.3 Å². The summed E-state index contributed by atoms with van der Waals surface area (Å²) in [6, 6.07) is 0.747. The van der Waals surface area contributed by atoms with Gasteiger partial charge >= 0.3 is 12.2 Å². The molecule has 2 fully saturated rings. The van der Waals surface area contributed by atoms with Crippen molar-refractivity contribution in [2.45, 2.75) is 58.2 Å². The fourth-order valence-electron chi connectivity index (χ4n) is 6.20. The predicted octanol–water partition coefficient (Wildman–Crippen LogP) is 5.05. The van der Waals surface area contributed by atoms with Crippen LogP contribution in [0.5, 0.6) is 11.9 Å². The third-order valence-corrected chi connectivity index (χ3v) is 8.81. The van der Waals surface area contributed by atoms with Crippen LogP contribution in [-0.4, -0.2) is 83.2 Å². The fraction of sp³-hybridized carbons (Fsp3) is 0.600. The first-order valence-electron chi connectivity index (χ1n) is 15.3. The Balaban J connectivity index is 1.42. The molecular formula is C30H36F6N8O2. The maximum Gasteiger partial charge on any atom is 0.418 e. The van der Waals surface area contributed by atoms with Gasteiger partial charge in [0.1, 0.15) is 28.2 Å². The molecule has 2 aliphatic heterocycles. The molecule has 0 radical (unpaired) electrons. The van der Waals surface area contributed by atoms with Gasteiger partial charge in [0.25, 0.3) is 0 Å². The number of aromatic nitrogens is 4. The summed E-state index contributed by atoms with van der Waals surface area (Å²) in [7, 11) is 0. The number of hydrogen-bond acceptors (Lipinski definition) is 10. The zero-order valence-corrected chi connectivity index (χ0v) is 25.5. The minimum atomic E-state index is -4.89. The molecule has 2 unspecified atom stereocenters. The number of ether oxygens (including phenoxy) is 2. The highest BCUT2D eigenvalue weighted by atomic mass is 19.4. The van der Waals surface area contributed by atoms with Crippen LogP contribution in [0.1, 0.15) is 43.9 Å². The monoisotopic (exact) mass is 654 g/mol. The lowest BCUT2D eigenvalue weighted by Crippen LogP contribution is -2.32. The molecule has 250 valence electrons. The van der Waals surface area contributed by atoms with Crippen molar-refractivity contribution in [3.63, 3.8) is 0 Å². The second-order valence-electron chi connectivity index (χ2n) is 12.5. The minimum Gasteiger partial charge on any atom is -0.474 e. The van der Waals surface area contributed by atoms with E-state index in [1.54, 1.807) is 6.92 Å². The van der Waals surface area contributed by atoms with Gasteiger partial charge in [0.15, 0.2) is 5.82 Å². The first kappa shape index (κ1) is 32.3. The van der Waals surface area contributed by atoms with Crippen LogP contribution in [0.25, 0.3) is 22.2 Å². The van der Waals surface area contributed by atoms with Gasteiger partial charge in [0.2, 0.25) is 12.3 Å². The van der Waals surface area contributed by atoms with E-state index >= 15 is 4.39 Å². The van der Waals surface area contributed by atoms with Crippen LogP contribution in [0.4, 0.5) is 38.0 Å². The van der Waals surface area contributed by atoms with Gasteiger partial charge in [-0.1, -0.05) is 0 Å². The predicted molar refractivity (Wildman–Crippen MR) is 158 cm³/mol. The van der Waals surface area contributed by atoms with E-state index in [2.05, 4.69) is 30.6 Å². The van der Waals surface area contributed by atoms with Crippen molar-refractivity contribution in [2.75, 3.05) is 56.9 Å². The SMILES string of the molecule is Cc1nc(N)cc(-c2nc3c4c(nc(OCC5(CN6CCC(C(F)F)C6)CC5)nc4c2F)NCCNCCC(C)O3)c1C(F)(F)F. The average Bonchev–Trinajstić information content (AvgIpc) is 3.58. The van der Waals surface area contributed by atoms with E-state index in [0.717, 1.165) is 25.8 Å². The van der Waals surface area contributed by atoms with Gasteiger partial charge in [-0.05, 0) is 58.7 Å². The summed E-state index contributed by atoms with van der Waals surface area (Å²) in [4.78, 5) is 18.9. The molecule has 1 aliphatic carbocycles. The smallest absolute Gasteiger partial charge is 0.418 e. The number of nitrogens with one attached hydrogen (secondary N) is 2. The Kier molecular flexibility index (Phi) is 8.78. The first-order valence-corrected chi connectivity index (χ1v) is 15.3. The molecule has 3 aromatic rings. The van der Waals surface area contributed by atoms with Gasteiger partial charge in [-0.3, -0.25) is 0 Å². The van der Waals surface area contributed by atoms with E-state index in [4.69, 9.17) is 15.2 Å². The van der Waals surface area contributed by atoms with Crippen LogP contribution in [0.2, 0.25) is 0 Å². The number of likely N-dealkylation sites (tertiary alicyclic amines) is 1. The summed E-state index contributed by atoms with van der Waals surface area (Å²) in [5.41, 5.74) is 2.35. The summed E-state index contributed by atoms with van der Waals surface area (Å²) in [5.74, 6) is -2.02. The van der Waals surface area contributed by atoms with Crippen molar-refractivity contribution in [1.29, 1.82) is 0 Å². The number of anilines is 2. The lowest BCUT2D eigenvalue weighted by molar-refractivity contribution is -0.137. The van der Waals surface area contributed by atoms with E-state index in [0.29, 0.717) is 52.1 Å². The van der Waals surface area contributed by atoms with E-state index in [1.807, 2.05) is 4.90 Å². The lowest BCUT2D eigenvalue weighted by Gasteiger charge is -2.23. The summed E-state index contributed by atoms with van der Waals surface area (Å²) < 4.78 is 97.9. The normalized spacial score (nSPS) is 21.9. The highest BCUT2D eigenvalue weighted by Crippen LogP contribution is 2.48. The van der Waals surface area contributed by atoms with Crippen LogP contribution >= 0.6 is 0 Å². The van der Waals surface area contributed by atoms with Crippen molar-refractivity contribution in [3.05, 3.63) is 23.1 Å². The molecule has 0 aromatic carbocycles. The second-order valence-corrected chi connectivity index (χ2v) is 12.5. The Hall–Kier alpha value is -3.66. The molecule has 0 bridgehead atoms. The maximum absolute atomic E-state index is 16.5. The standard InChI is InChI=1S/C30H36F6N8O2/c1-15-3-7-38-8-9-39-26-20-24(42-28(43-26)45-14-29(5-6-29)13-44-10-4-17(12-44)25(32)33)22(31)23(41-27(20)46-15)18-11-19(37)40-16(2)21(18)30(34,35)36/h11,15,17,25,38H,3-10,12-14H2,1-2H3,(H2,37,40)(H,39,42,43). The van der Waals surface area contributed by atoms with E-state index in [-0.39, 0.29) is 46.5 Å². The van der Waals surface area contributed by atoms with Gasteiger partial charge < -0.3 is 30.7 Å². The number of halogens is 6. The van der Waals surface area contributed by atoms with Gasteiger partial charge in [-0.15, -0.1) is 0 Å². The number of rotatable bonds is 7. The number of aryl methyl sites for hydroxylation is 1. The Bertz CT molecular complexity index is 1600. The van der Waals surface area contributed by atoms with Crippen LogP contribution < -0.4 is 25.8 Å². The maximum atomic E-state index is 16.5. The Labute approximate surface area is 261 Å². The molecule has 5 heterocycles. The second kappa shape index (κ2) is 12.5. The van der Waals surface area contributed by atoms with Crippen LogP contribution in [0.3, 0.4) is 0 Å². The van der Waals surface area contributed by atoms with Gasteiger partial charge in [0, 0.05) is 43.1 Å². The van der Waals surface area contributed by atoms with Crippen molar-refractivity contribution < 1.29 is 35.8 Å². The zero-order chi connectivity index (χ0) is 32.8. The summed E-state index contributed by atoms with van der Waals surface area (Å²) in [6.07, 6.45) is -5.09. The molecule has 46 heavy (non-hydrogen) atoms. The third-order valence-electron chi connectivity index (χ3n) is 8.81. The Morgan fingerprint density at radius 3 is 2.61 bits per heavy atom. The van der Waals surface area contributed by atoms with Crippen LogP contribution in [-0.2, 0) is 6.18 Å². The lowest BCUT2D eigenvalue weighted by atomic mass is 10.0. The molecule has 16 heteroatoms. The van der Waals surface area contributed by atoms with Crippen LogP contribution in [0, 0.1) is 24.1 Å². The quantitative estimate of drug-likeness (QED) is 0.298. The molecule has 1 saturated carbocycles. The molecule has 10 nitrogen and oxygen atoms in total. The molecule has 1 saturated heterocycles. The summed E-state index contributed by atoms with van der Waals surface area (Å²) in [5, 5.41) is 6.46. The highest BCUT2D eigenvalue weighted by Gasteiger charge is 2.46. The molecule has 2 atom stereocenters. The Morgan fingerprint density at radius 2 is 1.91 bits per heavy atom. The average molecular weight is 655 g/mol. The molecule has 6 rings (SSSR count). The minimum absolute atomic E-state index is 0.0610. The first-order chi connectivity index (χ1) is 21.8. The van der Waals surface area contributed by atoms with E-state index in [1.165, 1.54) is 0 Å². The van der Waals surface area contributed by atoms with Crippen molar-refractivity contribution in [1.82, 2.24) is 30.2 Å². The molecular weight excluding hydrogens is 618 g/mol. The number of nitrogen functional groups attached to an aromatic ring is 1. The molecule has 4 N–H and O–H groups in total. The van der Waals surface area contributed by atoms with Crippen LogP contribution in [0.15, 0.2) is 6.07 Å². The molecule has 0 spiro atoms. The topological polar surface area (TPSA) is 123 Å². The van der Waals surface area contributed by atoms with Crippen molar-refractivity contribution >= 4 is 22.5 Å². The fourth-order valence-corrected chi connectivity index (χ4v) is 6.20. The van der Waals surface area contributed by atoms with E-state index in [9.17, 15) is 22.0 Å². The number of nitrogens with zero attached hydrogens (tertiary/aromatic N) is 5. The third kappa shape index (κ3) is 6.73. The molecule has 3 aromatic heterocycles. The van der Waals surface area contributed by atoms with Crippen molar-refractivity contribution in [3.8, 4) is 23.1 Å². The van der Waals surface area contributed by atoms with Gasteiger partial charge in [0.05, 0.1) is 24.0 Å². The summed E-state index contributed by atoms with van der Waals surface area (Å²) >= 11 is 0. The largest absolute Gasteiger partial charge is 0.474 e. The van der Waals surface area contributed by atoms with Gasteiger partial charge in [-0.2, -0.15) is 23.1 Å². The Morgan fingerprint density at radius 1 is 1.13 bits per heavy atom. The number of alkyl halides is 5.